The van der Waals surface area contributed by atoms with Crippen molar-refractivity contribution in [3.8, 4) is 0 Å². The zero-order valence-electron chi connectivity index (χ0n) is 15.0. The molecule has 0 aromatic heterocycles. The Morgan fingerprint density at radius 2 is 1.83 bits per heavy atom. The van der Waals surface area contributed by atoms with E-state index >= 15 is 0 Å². The van der Waals surface area contributed by atoms with Crippen molar-refractivity contribution < 1.29 is 18.3 Å². The van der Waals surface area contributed by atoms with Gasteiger partial charge in [0.05, 0.1) is 5.69 Å². The van der Waals surface area contributed by atoms with Crippen LogP contribution in [-0.2, 0) is 11.2 Å². The number of carbonyl (C=O) groups is 1. The molecule has 0 saturated carbocycles. The van der Waals surface area contributed by atoms with E-state index in [1.807, 2.05) is 20.8 Å². The maximum atomic E-state index is 14.3. The molecule has 1 heterocycles. The van der Waals surface area contributed by atoms with Gasteiger partial charge in [-0.15, -0.1) is 0 Å². The fourth-order valence-electron chi connectivity index (χ4n) is 3.04. The Morgan fingerprint density at radius 3 is 2.33 bits per heavy atom. The number of rotatable bonds is 0. The maximum Gasteiger partial charge on any atom is 0.415 e. The van der Waals surface area contributed by atoms with E-state index in [1.165, 1.54) is 4.90 Å². The Morgan fingerprint density at radius 1 is 1.25 bits per heavy atom. The number of amides is 1. The Hall–Kier alpha value is -1.17. The summed E-state index contributed by atoms with van der Waals surface area (Å²) in [6, 6.07) is 0.886. The summed E-state index contributed by atoms with van der Waals surface area (Å²) in [5.74, 6) is -1.81. The van der Waals surface area contributed by atoms with Gasteiger partial charge in [0.15, 0.2) is 11.6 Å². The maximum absolute atomic E-state index is 14.3. The molecule has 6 heteroatoms. The molecule has 134 valence electrons. The molecule has 0 radical (unpaired) electrons. The molecule has 2 rings (SSSR count). The number of anilines is 1. The van der Waals surface area contributed by atoms with Crippen LogP contribution >= 0.6 is 15.9 Å². The summed E-state index contributed by atoms with van der Waals surface area (Å²) in [7, 11) is 0. The third-order valence-electron chi connectivity index (χ3n) is 4.05. The second kappa shape index (κ2) is 6.28. The van der Waals surface area contributed by atoms with Crippen molar-refractivity contribution in [3.63, 3.8) is 0 Å². The minimum absolute atomic E-state index is 0.180. The van der Waals surface area contributed by atoms with E-state index in [2.05, 4.69) is 15.9 Å². The Kier molecular flexibility index (Phi) is 5.01. The number of benzene rings is 1. The van der Waals surface area contributed by atoms with Crippen LogP contribution in [0.5, 0.6) is 0 Å². The molecular formula is C18H24BrF2NO2. The first-order valence-electron chi connectivity index (χ1n) is 8.01. The standard InChI is InChI=1S/C18H24BrF2NO2/c1-17(2,3)13-8-7-10-14(21)12(20)9-11(19)15(10)22(13)16(23)24-18(4,5)6/h9,13H,7-8H2,1-6H3. The fraction of sp³-hybridized carbons (Fsp3) is 0.611. The molecule has 1 aliphatic heterocycles. The van der Waals surface area contributed by atoms with E-state index in [-0.39, 0.29) is 17.0 Å². The number of hydrogen-bond donors (Lipinski definition) is 0. The van der Waals surface area contributed by atoms with Crippen LogP contribution in [0.2, 0.25) is 0 Å². The van der Waals surface area contributed by atoms with Gasteiger partial charge in [0.25, 0.3) is 0 Å². The highest BCUT2D eigenvalue weighted by molar-refractivity contribution is 9.10. The average Bonchev–Trinajstić information content (AvgIpc) is 2.40. The van der Waals surface area contributed by atoms with E-state index in [0.29, 0.717) is 23.0 Å². The molecule has 0 bridgehead atoms. The van der Waals surface area contributed by atoms with Crippen LogP contribution in [0.4, 0.5) is 19.3 Å². The SMILES string of the molecule is CC(C)(C)OC(=O)N1c2c(Br)cc(F)c(F)c2CCC1C(C)(C)C. The minimum atomic E-state index is -0.918. The predicted octanol–water partition coefficient (Wildman–Crippen LogP) is 5.83. The van der Waals surface area contributed by atoms with Crippen molar-refractivity contribution >= 4 is 27.7 Å². The van der Waals surface area contributed by atoms with Crippen LogP contribution in [-0.4, -0.2) is 17.7 Å². The van der Waals surface area contributed by atoms with Gasteiger partial charge < -0.3 is 4.74 Å². The summed E-state index contributed by atoms with van der Waals surface area (Å²) < 4.78 is 33.9. The number of nitrogens with zero attached hydrogens (tertiary/aromatic N) is 1. The van der Waals surface area contributed by atoms with Crippen molar-refractivity contribution in [1.82, 2.24) is 0 Å². The van der Waals surface area contributed by atoms with Gasteiger partial charge in [-0.1, -0.05) is 20.8 Å². The Labute approximate surface area is 150 Å². The lowest BCUT2D eigenvalue weighted by atomic mass is 9.79. The van der Waals surface area contributed by atoms with Gasteiger partial charge in [-0.2, -0.15) is 0 Å². The molecule has 0 spiro atoms. The average molecular weight is 404 g/mol. The van der Waals surface area contributed by atoms with E-state index in [4.69, 9.17) is 4.74 Å². The van der Waals surface area contributed by atoms with Crippen molar-refractivity contribution in [2.45, 2.75) is 66.0 Å². The molecule has 1 aliphatic rings. The normalized spacial score (nSPS) is 18.4. The van der Waals surface area contributed by atoms with Crippen molar-refractivity contribution in [3.05, 3.63) is 27.7 Å². The van der Waals surface area contributed by atoms with Gasteiger partial charge >= 0.3 is 6.09 Å². The highest BCUT2D eigenvalue weighted by atomic mass is 79.9. The van der Waals surface area contributed by atoms with Crippen molar-refractivity contribution in [2.75, 3.05) is 4.90 Å². The van der Waals surface area contributed by atoms with Crippen molar-refractivity contribution in [1.29, 1.82) is 0 Å². The number of fused-ring (bicyclic) bond motifs is 1. The van der Waals surface area contributed by atoms with Gasteiger partial charge in [0.1, 0.15) is 5.60 Å². The number of carbonyl (C=O) groups excluding carboxylic acids is 1. The summed E-state index contributed by atoms with van der Waals surface area (Å²) in [5.41, 5.74) is -0.330. The molecule has 1 amide bonds. The zero-order chi connectivity index (χ0) is 18.4. The van der Waals surface area contributed by atoms with Crippen LogP contribution in [0.3, 0.4) is 0 Å². The van der Waals surface area contributed by atoms with E-state index in [1.54, 1.807) is 20.8 Å². The van der Waals surface area contributed by atoms with E-state index in [0.717, 1.165) is 6.07 Å². The Bertz CT molecular complexity index is 662. The quantitative estimate of drug-likeness (QED) is 0.510. The molecule has 0 saturated heterocycles. The van der Waals surface area contributed by atoms with Gasteiger partial charge in [-0.3, -0.25) is 4.90 Å². The number of halogens is 3. The van der Waals surface area contributed by atoms with Crippen LogP contribution in [0, 0.1) is 17.0 Å². The topological polar surface area (TPSA) is 29.5 Å². The fourth-order valence-corrected chi connectivity index (χ4v) is 3.67. The summed E-state index contributed by atoms with van der Waals surface area (Å²) in [6.07, 6.45) is 0.372. The third kappa shape index (κ3) is 3.73. The molecule has 1 atom stereocenters. The molecule has 0 fully saturated rings. The largest absolute Gasteiger partial charge is 0.443 e. The summed E-state index contributed by atoms with van der Waals surface area (Å²) in [4.78, 5) is 14.3. The molecule has 24 heavy (non-hydrogen) atoms. The van der Waals surface area contributed by atoms with Gasteiger partial charge in [-0.25, -0.2) is 13.6 Å². The second-order valence-corrected chi connectivity index (χ2v) is 9.11. The van der Waals surface area contributed by atoms with Gasteiger partial charge in [0, 0.05) is 16.1 Å². The van der Waals surface area contributed by atoms with Crippen LogP contribution in [0.15, 0.2) is 10.5 Å². The molecular weight excluding hydrogens is 380 g/mol. The molecule has 1 aromatic carbocycles. The van der Waals surface area contributed by atoms with Crippen molar-refractivity contribution in [2.24, 2.45) is 5.41 Å². The molecule has 0 aliphatic carbocycles. The van der Waals surface area contributed by atoms with Gasteiger partial charge in [0.2, 0.25) is 0 Å². The first kappa shape index (κ1) is 19.2. The summed E-state index contributed by atoms with van der Waals surface area (Å²) >= 11 is 3.29. The smallest absolute Gasteiger partial charge is 0.415 e. The first-order valence-corrected chi connectivity index (χ1v) is 8.81. The molecule has 1 unspecified atom stereocenters. The molecule has 1 aromatic rings. The lowest BCUT2D eigenvalue weighted by Crippen LogP contribution is -2.52. The van der Waals surface area contributed by atoms with Gasteiger partial charge in [-0.05, 0) is 61.0 Å². The number of ether oxygens (including phenoxy) is 1. The second-order valence-electron chi connectivity index (χ2n) is 8.25. The monoisotopic (exact) mass is 403 g/mol. The predicted molar refractivity (Wildman–Crippen MR) is 94.3 cm³/mol. The number of hydrogen-bond acceptors (Lipinski definition) is 2. The Balaban J connectivity index is 2.62. The van der Waals surface area contributed by atoms with Crippen LogP contribution < -0.4 is 4.90 Å². The minimum Gasteiger partial charge on any atom is -0.443 e. The highest BCUT2D eigenvalue weighted by Gasteiger charge is 2.42. The summed E-state index contributed by atoms with van der Waals surface area (Å²) in [5, 5.41) is 0. The van der Waals surface area contributed by atoms with Crippen LogP contribution in [0.25, 0.3) is 0 Å². The molecule has 0 N–H and O–H groups in total. The molecule has 3 nitrogen and oxygen atoms in total. The highest BCUT2D eigenvalue weighted by Crippen LogP contribution is 2.44. The zero-order valence-corrected chi connectivity index (χ0v) is 16.6. The lowest BCUT2D eigenvalue weighted by molar-refractivity contribution is 0.0530. The van der Waals surface area contributed by atoms with Crippen LogP contribution in [0.1, 0.15) is 53.5 Å². The van der Waals surface area contributed by atoms with E-state index in [9.17, 15) is 13.6 Å². The first-order chi connectivity index (χ1) is 10.8. The third-order valence-corrected chi connectivity index (χ3v) is 4.65. The summed E-state index contributed by atoms with van der Waals surface area (Å²) in [6.45, 7) is 11.4. The van der Waals surface area contributed by atoms with E-state index < -0.39 is 23.3 Å². The lowest BCUT2D eigenvalue weighted by Gasteiger charge is -2.44.